The predicted molar refractivity (Wildman–Crippen MR) is 61.9 cm³/mol. The van der Waals surface area contributed by atoms with Gasteiger partial charge in [-0.15, -0.1) is 13.2 Å². The molecule has 3 rings (SSSR count). The van der Waals surface area contributed by atoms with Crippen molar-refractivity contribution in [2.75, 3.05) is 6.54 Å². The highest BCUT2D eigenvalue weighted by atomic mass is 19.4. The first-order valence-electron chi connectivity index (χ1n) is 6.30. The van der Waals surface area contributed by atoms with E-state index in [0.29, 0.717) is 24.1 Å². The lowest BCUT2D eigenvalue weighted by Gasteiger charge is -2.32. The van der Waals surface area contributed by atoms with Crippen molar-refractivity contribution < 1.29 is 27.0 Å². The molecule has 1 saturated heterocycles. The van der Waals surface area contributed by atoms with Crippen molar-refractivity contribution in [3.63, 3.8) is 0 Å². The van der Waals surface area contributed by atoms with Crippen molar-refractivity contribution in [3.8, 4) is 5.75 Å². The molecule has 0 unspecified atom stereocenters. The number of morpholine rings is 1. The van der Waals surface area contributed by atoms with E-state index in [0.717, 1.165) is 12.1 Å². The average molecular weight is 291 g/mol. The van der Waals surface area contributed by atoms with Gasteiger partial charge in [-0.2, -0.15) is 0 Å². The van der Waals surface area contributed by atoms with Crippen LogP contribution in [0.4, 0.5) is 17.6 Å². The summed E-state index contributed by atoms with van der Waals surface area (Å²) in [4.78, 5) is 0. The molecular formula is C13H13F4NO2. The molecule has 1 fully saturated rings. The Balaban J connectivity index is 1.90. The Morgan fingerprint density at radius 2 is 2.10 bits per heavy atom. The van der Waals surface area contributed by atoms with Crippen molar-refractivity contribution in [1.82, 2.24) is 5.32 Å². The zero-order valence-electron chi connectivity index (χ0n) is 10.6. The average Bonchev–Trinajstić information content (AvgIpc) is 2.64. The summed E-state index contributed by atoms with van der Waals surface area (Å²) in [6.45, 7) is 2.54. The highest BCUT2D eigenvalue weighted by Gasteiger charge is 2.39. The van der Waals surface area contributed by atoms with Crippen LogP contribution in [0.25, 0.3) is 0 Å². The van der Waals surface area contributed by atoms with E-state index in [4.69, 9.17) is 4.74 Å². The van der Waals surface area contributed by atoms with Crippen LogP contribution in [0.15, 0.2) is 12.1 Å². The Hall–Kier alpha value is -1.34. The molecule has 1 aliphatic carbocycles. The van der Waals surface area contributed by atoms with Crippen molar-refractivity contribution in [3.05, 3.63) is 29.1 Å². The summed E-state index contributed by atoms with van der Waals surface area (Å²) in [5, 5.41) is 3.23. The molecule has 1 aliphatic heterocycles. The van der Waals surface area contributed by atoms with E-state index in [1.54, 1.807) is 0 Å². The number of benzene rings is 1. The summed E-state index contributed by atoms with van der Waals surface area (Å²) >= 11 is 0. The van der Waals surface area contributed by atoms with Crippen LogP contribution < -0.4 is 10.1 Å². The second-order valence-electron chi connectivity index (χ2n) is 5.10. The predicted octanol–water partition coefficient (Wildman–Crippen LogP) is 2.70. The van der Waals surface area contributed by atoms with Gasteiger partial charge in [-0.3, -0.25) is 0 Å². The van der Waals surface area contributed by atoms with Gasteiger partial charge in [0.25, 0.3) is 0 Å². The maximum atomic E-state index is 13.7. The van der Waals surface area contributed by atoms with Crippen LogP contribution in [0.5, 0.6) is 5.75 Å². The molecule has 0 radical (unpaired) electrons. The lowest BCUT2D eigenvalue weighted by molar-refractivity contribution is -0.275. The number of hydrogen-bond acceptors (Lipinski definition) is 3. The molecule has 1 aromatic rings. The summed E-state index contributed by atoms with van der Waals surface area (Å²) in [5.74, 6) is -1.80. The van der Waals surface area contributed by atoms with E-state index >= 15 is 0 Å². The summed E-state index contributed by atoms with van der Waals surface area (Å²) in [7, 11) is 0. The van der Waals surface area contributed by atoms with Gasteiger partial charge in [-0.25, -0.2) is 4.39 Å². The topological polar surface area (TPSA) is 30.5 Å². The van der Waals surface area contributed by atoms with Gasteiger partial charge < -0.3 is 14.8 Å². The van der Waals surface area contributed by atoms with Gasteiger partial charge in [0.1, 0.15) is 0 Å². The van der Waals surface area contributed by atoms with E-state index < -0.39 is 17.9 Å². The Kier molecular flexibility index (Phi) is 3.13. The third kappa shape index (κ3) is 2.47. The van der Waals surface area contributed by atoms with Gasteiger partial charge in [-0.05, 0) is 30.2 Å². The van der Waals surface area contributed by atoms with E-state index in [1.807, 2.05) is 6.92 Å². The molecule has 1 aromatic carbocycles. The van der Waals surface area contributed by atoms with Gasteiger partial charge in [-0.1, -0.05) is 0 Å². The van der Waals surface area contributed by atoms with Crippen LogP contribution in [-0.4, -0.2) is 25.1 Å². The van der Waals surface area contributed by atoms with Crippen LogP contribution in [0.2, 0.25) is 0 Å². The normalized spacial score (nSPS) is 28.9. The number of halogens is 4. The standard InChI is InChI=1S/C13H13F4NO2/c1-6-5-18-12-8-4-9(14)10(20-13(15,16)17)2-7(8)3-11(12)19-6/h2,4,6,11-12,18H,3,5H2,1H3/t6-,11-,12+/m1/s1. The first-order valence-corrected chi connectivity index (χ1v) is 6.30. The molecule has 2 aliphatic rings. The smallest absolute Gasteiger partial charge is 0.403 e. The van der Waals surface area contributed by atoms with Crippen LogP contribution in [0.3, 0.4) is 0 Å². The lowest BCUT2D eigenvalue weighted by Crippen LogP contribution is -2.44. The van der Waals surface area contributed by atoms with Gasteiger partial charge in [0.05, 0.1) is 18.2 Å². The molecule has 110 valence electrons. The second-order valence-corrected chi connectivity index (χ2v) is 5.10. The fourth-order valence-electron chi connectivity index (χ4n) is 2.82. The number of ether oxygens (including phenoxy) is 2. The SMILES string of the molecule is C[C@@H]1CN[C@H]2c3cc(F)c(OC(F)(F)F)cc3C[C@H]2O1. The molecule has 0 aromatic heterocycles. The molecule has 3 atom stereocenters. The van der Waals surface area contributed by atoms with Crippen LogP contribution in [0.1, 0.15) is 24.1 Å². The zero-order valence-corrected chi connectivity index (χ0v) is 10.6. The molecule has 7 heteroatoms. The quantitative estimate of drug-likeness (QED) is 0.807. The first-order chi connectivity index (χ1) is 9.33. The van der Waals surface area contributed by atoms with E-state index in [2.05, 4.69) is 10.1 Å². The van der Waals surface area contributed by atoms with Crippen LogP contribution in [-0.2, 0) is 11.2 Å². The molecule has 3 nitrogen and oxygen atoms in total. The van der Waals surface area contributed by atoms with Crippen molar-refractivity contribution in [2.45, 2.75) is 38.0 Å². The molecule has 1 N–H and O–H groups in total. The lowest BCUT2D eigenvalue weighted by atomic mass is 10.1. The first kappa shape index (κ1) is 13.6. The maximum Gasteiger partial charge on any atom is 0.573 e. The fraction of sp³-hybridized carbons (Fsp3) is 0.538. The van der Waals surface area contributed by atoms with Gasteiger partial charge in [0.2, 0.25) is 0 Å². The maximum absolute atomic E-state index is 13.7. The summed E-state index contributed by atoms with van der Waals surface area (Å²) in [5.41, 5.74) is 1.27. The van der Waals surface area contributed by atoms with Gasteiger partial charge in [0.15, 0.2) is 11.6 Å². The number of rotatable bonds is 1. The Bertz CT molecular complexity index is 532. The van der Waals surface area contributed by atoms with Crippen molar-refractivity contribution >= 4 is 0 Å². The van der Waals surface area contributed by atoms with Gasteiger partial charge >= 0.3 is 6.36 Å². The zero-order chi connectivity index (χ0) is 14.5. The Labute approximate surface area is 112 Å². The Morgan fingerprint density at radius 1 is 1.35 bits per heavy atom. The summed E-state index contributed by atoms with van der Waals surface area (Å²) < 4.78 is 59.7. The number of nitrogens with one attached hydrogen (secondary N) is 1. The van der Waals surface area contributed by atoms with Crippen molar-refractivity contribution in [1.29, 1.82) is 0 Å². The largest absolute Gasteiger partial charge is 0.573 e. The monoisotopic (exact) mass is 291 g/mol. The Morgan fingerprint density at radius 3 is 2.80 bits per heavy atom. The molecule has 0 amide bonds. The van der Waals surface area contributed by atoms with Crippen molar-refractivity contribution in [2.24, 2.45) is 0 Å². The molecule has 0 spiro atoms. The fourth-order valence-corrected chi connectivity index (χ4v) is 2.82. The minimum Gasteiger partial charge on any atom is -0.403 e. The molecule has 1 heterocycles. The van der Waals surface area contributed by atoms with E-state index in [9.17, 15) is 17.6 Å². The highest BCUT2D eigenvalue weighted by molar-refractivity contribution is 5.43. The minimum atomic E-state index is -4.90. The number of hydrogen-bond donors (Lipinski definition) is 1. The molecule has 20 heavy (non-hydrogen) atoms. The second kappa shape index (κ2) is 4.60. The molecule has 0 bridgehead atoms. The molecular weight excluding hydrogens is 278 g/mol. The highest BCUT2D eigenvalue weighted by Crippen LogP contribution is 2.39. The van der Waals surface area contributed by atoms with Gasteiger partial charge in [0, 0.05) is 13.0 Å². The van der Waals surface area contributed by atoms with Crippen LogP contribution in [0, 0.1) is 5.82 Å². The molecule has 0 saturated carbocycles. The minimum absolute atomic E-state index is 0.0290. The summed E-state index contributed by atoms with van der Waals surface area (Å²) in [6.07, 6.45) is -4.59. The van der Waals surface area contributed by atoms with E-state index in [-0.39, 0.29) is 18.2 Å². The number of fused-ring (bicyclic) bond motifs is 3. The van der Waals surface area contributed by atoms with Crippen LogP contribution >= 0.6 is 0 Å². The third-order valence-corrected chi connectivity index (χ3v) is 3.58. The summed E-state index contributed by atoms with van der Waals surface area (Å²) in [6, 6.07) is 2.05. The number of alkyl halides is 3. The van der Waals surface area contributed by atoms with E-state index in [1.165, 1.54) is 0 Å². The third-order valence-electron chi connectivity index (χ3n) is 3.58.